The first-order valence-corrected chi connectivity index (χ1v) is 8.68. The largest absolute Gasteiger partial charge is 0.304 e. The monoisotopic (exact) mass is 339 g/mol. The molecule has 0 atom stereocenters. The fourth-order valence-corrected chi connectivity index (χ4v) is 3.46. The Hall–Kier alpha value is -2.77. The van der Waals surface area contributed by atoms with Gasteiger partial charge in [0.2, 0.25) is 5.82 Å². The number of carbonyl (C=O) groups excluding carboxylic acids is 1. The maximum absolute atomic E-state index is 12.6. The lowest BCUT2D eigenvalue weighted by atomic mass is 9.96. The van der Waals surface area contributed by atoms with E-state index in [1.165, 1.54) is 19.3 Å². The number of nitrogens with one attached hydrogen (secondary N) is 1. The molecule has 1 aliphatic rings. The summed E-state index contributed by atoms with van der Waals surface area (Å²) in [5.41, 5.74) is 1.74. The molecular weight excluding hydrogens is 318 g/mol. The van der Waals surface area contributed by atoms with Gasteiger partial charge in [-0.05, 0) is 32.8 Å². The van der Waals surface area contributed by atoms with Gasteiger partial charge in [0.05, 0.1) is 12.2 Å². The van der Waals surface area contributed by atoms with E-state index in [1.54, 1.807) is 10.7 Å². The van der Waals surface area contributed by atoms with Gasteiger partial charge in [0.25, 0.3) is 11.7 Å². The second-order valence-electron chi connectivity index (χ2n) is 6.59. The highest BCUT2D eigenvalue weighted by Gasteiger charge is 2.21. The summed E-state index contributed by atoms with van der Waals surface area (Å²) < 4.78 is 3.50. The van der Waals surface area contributed by atoms with Crippen LogP contribution < -0.4 is 5.32 Å². The van der Waals surface area contributed by atoms with E-state index < -0.39 is 0 Å². The van der Waals surface area contributed by atoms with E-state index in [9.17, 15) is 4.79 Å². The zero-order chi connectivity index (χ0) is 17.4. The summed E-state index contributed by atoms with van der Waals surface area (Å²) in [6.07, 6.45) is 7.60. The number of hydrogen-bond donors (Lipinski definition) is 1. The van der Waals surface area contributed by atoms with Crippen molar-refractivity contribution < 1.29 is 4.79 Å². The molecule has 0 unspecified atom stereocenters. The summed E-state index contributed by atoms with van der Waals surface area (Å²) in [4.78, 5) is 21.2. The van der Waals surface area contributed by atoms with Crippen molar-refractivity contribution in [1.29, 1.82) is 0 Å². The summed E-state index contributed by atoms with van der Waals surface area (Å²) in [5, 5.41) is 11.6. The van der Waals surface area contributed by atoms with Gasteiger partial charge in [-0.25, -0.2) is 14.2 Å². The zero-order valence-corrected chi connectivity index (χ0v) is 14.4. The van der Waals surface area contributed by atoms with E-state index in [0.717, 1.165) is 24.2 Å². The summed E-state index contributed by atoms with van der Waals surface area (Å²) in [7, 11) is 0. The number of fused-ring (bicyclic) bond motifs is 1. The Morgan fingerprint density at radius 2 is 2.00 bits per heavy atom. The Morgan fingerprint density at radius 1 is 1.20 bits per heavy atom. The van der Waals surface area contributed by atoms with Crippen molar-refractivity contribution in [3.05, 3.63) is 35.5 Å². The zero-order valence-electron chi connectivity index (χ0n) is 14.4. The van der Waals surface area contributed by atoms with Crippen LogP contribution in [0.1, 0.15) is 60.2 Å². The van der Waals surface area contributed by atoms with Crippen LogP contribution in [0.4, 0.5) is 5.82 Å². The predicted molar refractivity (Wildman–Crippen MR) is 92.6 cm³/mol. The maximum atomic E-state index is 12.6. The Balaban J connectivity index is 1.58. The molecule has 130 valence electrons. The first-order valence-electron chi connectivity index (χ1n) is 8.68. The minimum absolute atomic E-state index is 0.109. The van der Waals surface area contributed by atoms with E-state index >= 15 is 0 Å². The van der Waals surface area contributed by atoms with Gasteiger partial charge in [-0.3, -0.25) is 4.79 Å². The molecule has 0 radical (unpaired) electrons. The molecule has 3 aromatic heterocycles. The van der Waals surface area contributed by atoms with Gasteiger partial charge in [-0.2, -0.15) is 10.1 Å². The molecule has 1 amide bonds. The molecule has 1 N–H and O–H groups in total. The first kappa shape index (κ1) is 15.7. The Morgan fingerprint density at radius 3 is 2.80 bits per heavy atom. The second kappa shape index (κ2) is 6.27. The first-order chi connectivity index (χ1) is 12.1. The third-order valence-electron chi connectivity index (χ3n) is 4.65. The molecule has 25 heavy (non-hydrogen) atoms. The summed E-state index contributed by atoms with van der Waals surface area (Å²) in [5.74, 6) is 0.887. The second-order valence-corrected chi connectivity index (χ2v) is 6.59. The summed E-state index contributed by atoms with van der Waals surface area (Å²) in [6.45, 7) is 3.81. The van der Waals surface area contributed by atoms with Gasteiger partial charge < -0.3 is 5.32 Å². The summed E-state index contributed by atoms with van der Waals surface area (Å²) in [6, 6.07) is 4.07. The van der Waals surface area contributed by atoms with E-state index in [4.69, 9.17) is 0 Å². The van der Waals surface area contributed by atoms with Crippen LogP contribution in [0.25, 0.3) is 5.78 Å². The number of aryl methyl sites for hydroxylation is 2. The molecule has 1 fully saturated rings. The van der Waals surface area contributed by atoms with Gasteiger partial charge in [-0.1, -0.05) is 19.3 Å². The Bertz CT molecular complexity index is 920. The molecule has 0 saturated heterocycles. The molecule has 0 aliphatic heterocycles. The van der Waals surface area contributed by atoms with Crippen molar-refractivity contribution in [2.75, 3.05) is 5.32 Å². The molecule has 1 saturated carbocycles. The third kappa shape index (κ3) is 2.99. The van der Waals surface area contributed by atoms with Crippen LogP contribution in [-0.2, 0) is 0 Å². The molecule has 3 heterocycles. The molecule has 8 nitrogen and oxygen atoms in total. The van der Waals surface area contributed by atoms with Crippen molar-refractivity contribution in [2.45, 2.75) is 52.0 Å². The fraction of sp³-hybridized carbons (Fsp3) is 0.471. The van der Waals surface area contributed by atoms with E-state index in [-0.39, 0.29) is 11.7 Å². The van der Waals surface area contributed by atoms with Crippen LogP contribution in [0.15, 0.2) is 18.3 Å². The SMILES string of the molecule is Cc1cc(C)n2nc(C(=O)Nc3ccnn3C3CCCCC3)nc2n1. The number of nitrogens with zero attached hydrogens (tertiary/aromatic N) is 6. The van der Waals surface area contributed by atoms with E-state index in [1.807, 2.05) is 30.7 Å². The molecule has 1 aliphatic carbocycles. The minimum Gasteiger partial charge on any atom is -0.304 e. The average Bonchev–Trinajstić information content (AvgIpc) is 3.22. The van der Waals surface area contributed by atoms with Gasteiger partial charge >= 0.3 is 0 Å². The maximum Gasteiger partial charge on any atom is 0.296 e. The number of anilines is 1. The van der Waals surface area contributed by atoms with Crippen molar-refractivity contribution in [3.8, 4) is 0 Å². The average molecular weight is 339 g/mol. The molecular formula is C17H21N7O. The molecule has 0 bridgehead atoms. The molecule has 0 aromatic carbocycles. The van der Waals surface area contributed by atoms with Crippen LogP contribution >= 0.6 is 0 Å². The van der Waals surface area contributed by atoms with Gasteiger partial charge in [0.15, 0.2) is 0 Å². The van der Waals surface area contributed by atoms with E-state index in [0.29, 0.717) is 17.6 Å². The quantitative estimate of drug-likeness (QED) is 0.792. The molecule has 0 spiro atoms. The van der Waals surface area contributed by atoms with Crippen molar-refractivity contribution in [1.82, 2.24) is 29.4 Å². The van der Waals surface area contributed by atoms with Gasteiger partial charge in [0.1, 0.15) is 5.82 Å². The van der Waals surface area contributed by atoms with Crippen LogP contribution in [-0.4, -0.2) is 35.3 Å². The standard InChI is InChI=1S/C17H21N7O/c1-11-10-12(2)23-17(19-11)21-15(22-23)16(25)20-14-8-9-18-24(14)13-6-4-3-5-7-13/h8-10,13H,3-7H2,1-2H3,(H,20,25). The molecule has 3 aromatic rings. The van der Waals surface area contributed by atoms with Crippen LogP contribution in [0, 0.1) is 13.8 Å². The number of amides is 1. The van der Waals surface area contributed by atoms with Crippen LogP contribution in [0.2, 0.25) is 0 Å². The predicted octanol–water partition coefficient (Wildman–Crippen LogP) is 2.70. The molecule has 4 rings (SSSR count). The van der Waals surface area contributed by atoms with E-state index in [2.05, 4.69) is 25.5 Å². The normalized spacial score (nSPS) is 15.6. The highest BCUT2D eigenvalue weighted by Crippen LogP contribution is 2.29. The van der Waals surface area contributed by atoms with Gasteiger partial charge in [0, 0.05) is 17.5 Å². The topological polar surface area (TPSA) is 90.0 Å². The lowest BCUT2D eigenvalue weighted by Crippen LogP contribution is -2.21. The number of rotatable bonds is 3. The highest BCUT2D eigenvalue weighted by molar-refractivity contribution is 6.01. The molecule has 8 heteroatoms. The fourth-order valence-electron chi connectivity index (χ4n) is 3.46. The summed E-state index contributed by atoms with van der Waals surface area (Å²) >= 11 is 0. The van der Waals surface area contributed by atoms with Gasteiger partial charge in [-0.15, -0.1) is 5.10 Å². The van der Waals surface area contributed by atoms with Crippen molar-refractivity contribution in [3.63, 3.8) is 0 Å². The Kier molecular flexibility index (Phi) is 3.95. The number of carbonyl (C=O) groups is 1. The number of aromatic nitrogens is 6. The minimum atomic E-state index is -0.347. The smallest absolute Gasteiger partial charge is 0.296 e. The van der Waals surface area contributed by atoms with Crippen LogP contribution in [0.3, 0.4) is 0 Å². The van der Waals surface area contributed by atoms with Crippen LogP contribution in [0.5, 0.6) is 0 Å². The number of hydrogen-bond acceptors (Lipinski definition) is 5. The van der Waals surface area contributed by atoms with Crippen molar-refractivity contribution >= 4 is 17.5 Å². The Labute approximate surface area is 145 Å². The van der Waals surface area contributed by atoms with Crippen molar-refractivity contribution in [2.24, 2.45) is 0 Å². The lowest BCUT2D eigenvalue weighted by Gasteiger charge is -2.23. The third-order valence-corrected chi connectivity index (χ3v) is 4.65. The highest BCUT2D eigenvalue weighted by atomic mass is 16.2. The lowest BCUT2D eigenvalue weighted by molar-refractivity contribution is 0.101.